The van der Waals surface area contributed by atoms with Crippen molar-refractivity contribution in [3.05, 3.63) is 24.3 Å². The molecular weight excluding hydrogens is 516 g/mol. The van der Waals surface area contributed by atoms with Crippen LogP contribution >= 0.6 is 0 Å². The van der Waals surface area contributed by atoms with Crippen molar-refractivity contribution in [2.45, 2.75) is 141 Å². The van der Waals surface area contributed by atoms with Crippen molar-refractivity contribution in [3.8, 4) is 0 Å². The van der Waals surface area contributed by atoms with Crippen molar-refractivity contribution in [2.24, 2.45) is 0 Å². The molecule has 0 saturated carbocycles. The molecule has 1 heterocycles. The molecule has 0 aromatic carbocycles. The number of rotatable bonds is 24. The van der Waals surface area contributed by atoms with Gasteiger partial charge in [-0.3, -0.25) is 4.79 Å². The highest BCUT2D eigenvalue weighted by Crippen LogP contribution is 2.22. The average molecular weight is 573 g/mol. The summed E-state index contributed by atoms with van der Waals surface area (Å²) in [5.74, 6) is -0.345. The third-order valence-electron chi connectivity index (χ3n) is 6.85. The molecule has 1 aliphatic rings. The Kier molecular flexibility index (Phi) is 22.3. The number of carbonyl (C=O) groups is 1. The van der Waals surface area contributed by atoms with E-state index in [1.165, 1.54) is 25.7 Å². The number of carbonyl (C=O) groups excluding carboxylic acids is 1. The maximum absolute atomic E-state index is 12.3. The summed E-state index contributed by atoms with van der Waals surface area (Å²) >= 11 is 0. The van der Waals surface area contributed by atoms with Crippen LogP contribution in [0.25, 0.3) is 0 Å². The van der Waals surface area contributed by atoms with Gasteiger partial charge in [0.15, 0.2) is 6.29 Å². The van der Waals surface area contributed by atoms with Crippen LogP contribution in [-0.2, 0) is 23.7 Å². The smallest absolute Gasteiger partial charge is 0.306 e. The molecular formula is C31H56O9. The van der Waals surface area contributed by atoms with Crippen molar-refractivity contribution in [2.75, 3.05) is 26.4 Å². The van der Waals surface area contributed by atoms with Gasteiger partial charge >= 0.3 is 5.97 Å². The molecule has 6 atom stereocenters. The van der Waals surface area contributed by atoms with Crippen LogP contribution in [0.5, 0.6) is 0 Å². The Bertz CT molecular complexity index is 667. The van der Waals surface area contributed by atoms with E-state index in [9.17, 15) is 25.2 Å². The molecule has 1 aliphatic heterocycles. The maximum atomic E-state index is 12.3. The molecule has 9 heteroatoms. The first-order valence-electron chi connectivity index (χ1n) is 15.4. The molecule has 1 fully saturated rings. The van der Waals surface area contributed by atoms with Crippen LogP contribution in [0.4, 0.5) is 0 Å². The highest BCUT2D eigenvalue weighted by molar-refractivity contribution is 5.69. The summed E-state index contributed by atoms with van der Waals surface area (Å²) in [5, 5.41) is 39.5. The fraction of sp³-hybridized carbons (Fsp3) is 0.839. The average Bonchev–Trinajstić information content (AvgIpc) is 2.95. The summed E-state index contributed by atoms with van der Waals surface area (Å²) in [6, 6.07) is 0. The summed E-state index contributed by atoms with van der Waals surface area (Å²) < 4.78 is 22.3. The Balaban J connectivity index is 2.29. The molecule has 1 saturated heterocycles. The van der Waals surface area contributed by atoms with E-state index < -0.39 is 43.4 Å². The second-order valence-corrected chi connectivity index (χ2v) is 10.6. The van der Waals surface area contributed by atoms with Gasteiger partial charge in [-0.05, 0) is 38.5 Å². The fourth-order valence-electron chi connectivity index (χ4n) is 4.35. The standard InChI is InChI=1S/C31H56O9/c1-3-5-7-8-9-10-11-12-13-14-15-16-17-19-21-37-23-25(39-27(33)20-18-6-4-2)24-38-31-30(36)29(35)28(34)26(22-32)40-31/h7-8,10-11,25-26,28-32,34-36H,3-6,9,12-24H2,1-2H3/b8-7-,11-10-. The zero-order chi connectivity index (χ0) is 29.4. The van der Waals surface area contributed by atoms with Gasteiger partial charge in [0.25, 0.3) is 0 Å². The van der Waals surface area contributed by atoms with Crippen molar-refractivity contribution in [1.82, 2.24) is 0 Å². The van der Waals surface area contributed by atoms with Gasteiger partial charge in [0.05, 0.1) is 19.8 Å². The molecule has 0 bridgehead atoms. The van der Waals surface area contributed by atoms with Crippen molar-refractivity contribution in [1.29, 1.82) is 0 Å². The van der Waals surface area contributed by atoms with Gasteiger partial charge in [0.2, 0.25) is 0 Å². The SMILES string of the molecule is CCC/C=C\C/C=C\CCCCCCCCOCC(COC1OC(CO)C(O)C(O)C1O)OC(=O)CCCCC. The second kappa shape index (κ2) is 24.3. The molecule has 1 rings (SSSR count). The van der Waals surface area contributed by atoms with Gasteiger partial charge in [-0.25, -0.2) is 0 Å². The molecule has 9 nitrogen and oxygen atoms in total. The summed E-state index contributed by atoms with van der Waals surface area (Å²) in [6.07, 6.45) is 15.7. The third-order valence-corrected chi connectivity index (χ3v) is 6.85. The minimum atomic E-state index is -1.53. The van der Waals surface area contributed by atoms with Gasteiger partial charge in [0.1, 0.15) is 30.5 Å². The normalized spacial score (nSPS) is 24.2. The number of aliphatic hydroxyl groups excluding tert-OH is 4. The summed E-state index contributed by atoms with van der Waals surface area (Å²) in [7, 11) is 0. The zero-order valence-corrected chi connectivity index (χ0v) is 24.8. The van der Waals surface area contributed by atoms with E-state index in [1.54, 1.807) is 0 Å². The summed E-state index contributed by atoms with van der Waals surface area (Å²) in [6.45, 7) is 4.26. The molecule has 234 valence electrons. The number of esters is 1. The number of unbranched alkanes of at least 4 members (excludes halogenated alkanes) is 9. The highest BCUT2D eigenvalue weighted by Gasteiger charge is 2.44. The molecule has 4 N–H and O–H groups in total. The van der Waals surface area contributed by atoms with E-state index in [2.05, 4.69) is 38.2 Å². The predicted molar refractivity (Wildman–Crippen MR) is 155 cm³/mol. The van der Waals surface area contributed by atoms with Crippen LogP contribution in [0.3, 0.4) is 0 Å². The van der Waals surface area contributed by atoms with Crippen LogP contribution in [-0.4, -0.2) is 89.6 Å². The molecule has 0 aliphatic carbocycles. The molecule has 0 radical (unpaired) electrons. The van der Waals surface area contributed by atoms with Crippen LogP contribution in [0.1, 0.15) is 104 Å². The van der Waals surface area contributed by atoms with Crippen molar-refractivity contribution < 1.29 is 44.2 Å². The zero-order valence-electron chi connectivity index (χ0n) is 24.8. The lowest BCUT2D eigenvalue weighted by Crippen LogP contribution is -2.59. The Labute approximate surface area is 241 Å². The molecule has 0 aromatic heterocycles. The Morgan fingerprint density at radius 1 is 0.800 bits per heavy atom. The number of hydrogen-bond acceptors (Lipinski definition) is 9. The van der Waals surface area contributed by atoms with E-state index in [-0.39, 0.29) is 19.2 Å². The minimum absolute atomic E-state index is 0.119. The molecule has 40 heavy (non-hydrogen) atoms. The van der Waals surface area contributed by atoms with Crippen molar-refractivity contribution in [3.63, 3.8) is 0 Å². The molecule has 0 amide bonds. The van der Waals surface area contributed by atoms with Gasteiger partial charge in [-0.1, -0.05) is 83.1 Å². The topological polar surface area (TPSA) is 135 Å². The van der Waals surface area contributed by atoms with E-state index in [4.69, 9.17) is 18.9 Å². The first-order chi connectivity index (χ1) is 19.4. The molecule has 0 aromatic rings. The number of aliphatic hydroxyl groups is 4. The minimum Gasteiger partial charge on any atom is -0.457 e. The lowest BCUT2D eigenvalue weighted by molar-refractivity contribution is -0.305. The summed E-state index contributed by atoms with van der Waals surface area (Å²) in [4.78, 5) is 12.3. The van der Waals surface area contributed by atoms with Gasteiger partial charge in [0, 0.05) is 13.0 Å². The maximum Gasteiger partial charge on any atom is 0.306 e. The largest absolute Gasteiger partial charge is 0.457 e. The Morgan fingerprint density at radius 3 is 2.20 bits per heavy atom. The first kappa shape index (κ1) is 36.7. The number of hydrogen-bond donors (Lipinski definition) is 4. The Hall–Kier alpha value is -1.33. The first-order valence-corrected chi connectivity index (χ1v) is 15.4. The van der Waals surface area contributed by atoms with Crippen molar-refractivity contribution >= 4 is 5.97 Å². The van der Waals surface area contributed by atoms with E-state index >= 15 is 0 Å². The second-order valence-electron chi connectivity index (χ2n) is 10.6. The van der Waals surface area contributed by atoms with E-state index in [1.807, 2.05) is 0 Å². The fourth-order valence-corrected chi connectivity index (χ4v) is 4.35. The van der Waals surface area contributed by atoms with Crippen LogP contribution in [0, 0.1) is 0 Å². The molecule has 0 spiro atoms. The van der Waals surface area contributed by atoms with Crippen LogP contribution in [0.15, 0.2) is 24.3 Å². The highest BCUT2D eigenvalue weighted by atomic mass is 16.7. The number of allylic oxidation sites excluding steroid dienone is 4. The summed E-state index contributed by atoms with van der Waals surface area (Å²) in [5.41, 5.74) is 0. The number of ether oxygens (including phenoxy) is 4. The van der Waals surface area contributed by atoms with Gasteiger partial charge in [-0.15, -0.1) is 0 Å². The predicted octanol–water partition coefficient (Wildman–Crippen LogP) is 4.34. The lowest BCUT2D eigenvalue weighted by atomic mass is 9.99. The van der Waals surface area contributed by atoms with Crippen LogP contribution in [0.2, 0.25) is 0 Å². The lowest BCUT2D eigenvalue weighted by Gasteiger charge is -2.39. The Morgan fingerprint density at radius 2 is 1.50 bits per heavy atom. The quantitative estimate of drug-likeness (QED) is 0.0756. The van der Waals surface area contributed by atoms with E-state index in [0.717, 1.165) is 57.8 Å². The van der Waals surface area contributed by atoms with Gasteiger partial charge < -0.3 is 39.4 Å². The molecule has 6 unspecified atom stereocenters. The monoisotopic (exact) mass is 572 g/mol. The van der Waals surface area contributed by atoms with Crippen LogP contribution < -0.4 is 0 Å². The van der Waals surface area contributed by atoms with E-state index in [0.29, 0.717) is 13.0 Å². The third kappa shape index (κ3) is 16.8. The van der Waals surface area contributed by atoms with Gasteiger partial charge in [-0.2, -0.15) is 0 Å².